The van der Waals surface area contributed by atoms with Gasteiger partial charge in [0.2, 0.25) is 0 Å². The molecule has 0 spiro atoms. The van der Waals surface area contributed by atoms with Crippen molar-refractivity contribution in [1.82, 2.24) is 0 Å². The molecule has 0 atom stereocenters. The zero-order valence-corrected chi connectivity index (χ0v) is 8.56. The first-order valence-corrected chi connectivity index (χ1v) is 4.89. The minimum Gasteiger partial charge on any atom is -0.469 e. The smallest absolute Gasteiger partial charge is 0.309 e. The topological polar surface area (TPSA) is 26.3 Å². The van der Waals surface area contributed by atoms with Crippen LogP contribution in [-0.4, -0.2) is 13.1 Å². The first-order chi connectivity index (χ1) is 6.24. The lowest BCUT2D eigenvalue weighted by Gasteiger charge is -1.92. The van der Waals surface area contributed by atoms with E-state index in [0.29, 0.717) is 6.42 Å². The number of esters is 1. The maximum atomic E-state index is 10.8. The molecule has 0 fully saturated rings. The fourth-order valence-corrected chi connectivity index (χ4v) is 1.62. The Morgan fingerprint density at radius 3 is 3.00 bits per heavy atom. The van der Waals surface area contributed by atoms with Gasteiger partial charge in [-0.05, 0) is 23.9 Å². The Morgan fingerprint density at radius 1 is 1.69 bits per heavy atom. The molecule has 1 aromatic heterocycles. The molecule has 1 rings (SSSR count). The van der Waals surface area contributed by atoms with Gasteiger partial charge in [0, 0.05) is 4.88 Å². The van der Waals surface area contributed by atoms with Crippen molar-refractivity contribution >= 4 is 23.4 Å². The number of ether oxygens (including phenoxy) is 1. The highest BCUT2D eigenvalue weighted by atomic mass is 32.1. The molecule has 2 nitrogen and oxygen atoms in total. The van der Waals surface area contributed by atoms with Crippen molar-refractivity contribution in [1.29, 1.82) is 0 Å². The number of hydrogen-bond donors (Lipinski definition) is 0. The average molecular weight is 196 g/mol. The Balaban J connectivity index is 2.50. The van der Waals surface area contributed by atoms with E-state index in [2.05, 4.69) is 11.7 Å². The van der Waals surface area contributed by atoms with E-state index in [1.54, 1.807) is 11.3 Å². The van der Waals surface area contributed by atoms with Gasteiger partial charge < -0.3 is 4.74 Å². The van der Waals surface area contributed by atoms with Gasteiger partial charge in [-0.25, -0.2) is 0 Å². The van der Waals surface area contributed by atoms with Crippen LogP contribution in [0.15, 0.2) is 17.5 Å². The quantitative estimate of drug-likeness (QED) is 0.695. The third-order valence-electron chi connectivity index (χ3n) is 1.71. The molecule has 0 N–H and O–H groups in total. The first-order valence-electron chi connectivity index (χ1n) is 4.01. The summed E-state index contributed by atoms with van der Waals surface area (Å²) in [7, 11) is 1.39. The van der Waals surface area contributed by atoms with Gasteiger partial charge in [-0.15, -0.1) is 11.3 Å². The molecule has 0 amide bonds. The molecule has 0 radical (unpaired) electrons. The minimum absolute atomic E-state index is 0.205. The second kappa shape index (κ2) is 4.82. The van der Waals surface area contributed by atoms with Crippen molar-refractivity contribution in [2.45, 2.75) is 13.3 Å². The predicted octanol–water partition coefficient (Wildman–Crippen LogP) is 2.63. The molecular weight excluding hydrogens is 184 g/mol. The average Bonchev–Trinajstić information content (AvgIpc) is 2.52. The maximum Gasteiger partial charge on any atom is 0.309 e. The van der Waals surface area contributed by atoms with E-state index in [1.807, 2.05) is 23.6 Å². The lowest BCUT2D eigenvalue weighted by atomic mass is 10.2. The van der Waals surface area contributed by atoms with Gasteiger partial charge in [0.05, 0.1) is 13.5 Å². The van der Waals surface area contributed by atoms with Crippen LogP contribution in [0.2, 0.25) is 0 Å². The van der Waals surface area contributed by atoms with Crippen LogP contribution < -0.4 is 0 Å². The number of carbonyl (C=O) groups excluding carboxylic acids is 1. The molecule has 1 heterocycles. The standard InChI is InChI=1S/C10H12O2S/c1-8-9(6-7-13-8)4-3-5-10(11)12-2/h3-4,6-7H,5H2,1-2H3. The molecule has 1 aromatic rings. The molecule has 0 aliphatic rings. The fourth-order valence-electron chi connectivity index (χ4n) is 0.933. The van der Waals surface area contributed by atoms with Gasteiger partial charge in [0.1, 0.15) is 0 Å². The summed E-state index contributed by atoms with van der Waals surface area (Å²) in [5, 5.41) is 2.03. The second-order valence-electron chi connectivity index (χ2n) is 2.61. The van der Waals surface area contributed by atoms with E-state index >= 15 is 0 Å². The summed E-state index contributed by atoms with van der Waals surface area (Å²) in [6, 6.07) is 2.04. The van der Waals surface area contributed by atoms with Crippen molar-refractivity contribution in [3.8, 4) is 0 Å². The number of aryl methyl sites for hydroxylation is 1. The van der Waals surface area contributed by atoms with Crippen molar-refractivity contribution in [3.63, 3.8) is 0 Å². The zero-order valence-electron chi connectivity index (χ0n) is 7.74. The molecule has 0 aliphatic carbocycles. The lowest BCUT2D eigenvalue weighted by Crippen LogP contribution is -1.96. The summed E-state index contributed by atoms with van der Waals surface area (Å²) >= 11 is 1.70. The van der Waals surface area contributed by atoms with Crippen molar-refractivity contribution in [2.24, 2.45) is 0 Å². The van der Waals surface area contributed by atoms with E-state index in [4.69, 9.17) is 0 Å². The number of rotatable bonds is 3. The predicted molar refractivity (Wildman–Crippen MR) is 54.7 cm³/mol. The molecule has 0 unspecified atom stereocenters. The molecule has 0 aromatic carbocycles. The van der Waals surface area contributed by atoms with Crippen molar-refractivity contribution in [2.75, 3.05) is 7.11 Å². The van der Waals surface area contributed by atoms with Gasteiger partial charge in [0.15, 0.2) is 0 Å². The molecule has 0 aliphatic heterocycles. The van der Waals surface area contributed by atoms with E-state index in [0.717, 1.165) is 0 Å². The summed E-state index contributed by atoms with van der Waals surface area (Å²) in [6.45, 7) is 2.06. The Kier molecular flexibility index (Phi) is 3.71. The number of methoxy groups -OCH3 is 1. The third kappa shape index (κ3) is 3.03. The number of carbonyl (C=O) groups is 1. The third-order valence-corrected chi connectivity index (χ3v) is 2.57. The van der Waals surface area contributed by atoms with Crippen LogP contribution in [-0.2, 0) is 9.53 Å². The van der Waals surface area contributed by atoms with E-state index in [-0.39, 0.29) is 5.97 Å². The first kappa shape index (κ1) is 9.99. The molecule has 0 bridgehead atoms. The van der Waals surface area contributed by atoms with Crippen LogP contribution in [0.3, 0.4) is 0 Å². The highest BCUT2D eigenvalue weighted by Gasteiger charge is 1.96. The van der Waals surface area contributed by atoms with E-state index < -0.39 is 0 Å². The second-order valence-corrected chi connectivity index (χ2v) is 3.73. The van der Waals surface area contributed by atoms with Crippen LogP contribution in [0.4, 0.5) is 0 Å². The Hall–Kier alpha value is -1.09. The normalized spacial score (nSPS) is 10.6. The minimum atomic E-state index is -0.205. The van der Waals surface area contributed by atoms with Crippen LogP contribution in [0.1, 0.15) is 16.9 Å². The molecular formula is C10H12O2S. The summed E-state index contributed by atoms with van der Waals surface area (Å²) in [4.78, 5) is 12.0. The van der Waals surface area contributed by atoms with E-state index in [9.17, 15) is 4.79 Å². The molecule has 13 heavy (non-hydrogen) atoms. The zero-order chi connectivity index (χ0) is 9.68. The Labute approximate surface area is 81.8 Å². The Morgan fingerprint density at radius 2 is 2.46 bits per heavy atom. The van der Waals surface area contributed by atoms with Gasteiger partial charge in [-0.1, -0.05) is 12.2 Å². The molecule has 70 valence electrons. The van der Waals surface area contributed by atoms with Crippen LogP contribution in [0.5, 0.6) is 0 Å². The Bertz CT molecular complexity index is 312. The summed E-state index contributed by atoms with van der Waals surface area (Å²) in [5.74, 6) is -0.205. The van der Waals surface area contributed by atoms with Crippen molar-refractivity contribution < 1.29 is 9.53 Å². The van der Waals surface area contributed by atoms with Crippen LogP contribution >= 0.6 is 11.3 Å². The highest BCUT2D eigenvalue weighted by Crippen LogP contribution is 2.16. The van der Waals surface area contributed by atoms with Gasteiger partial charge in [-0.2, -0.15) is 0 Å². The summed E-state index contributed by atoms with van der Waals surface area (Å²) in [5.41, 5.74) is 1.17. The largest absolute Gasteiger partial charge is 0.469 e. The monoisotopic (exact) mass is 196 g/mol. The summed E-state index contributed by atoms with van der Waals surface area (Å²) < 4.78 is 4.51. The molecule has 0 saturated carbocycles. The van der Waals surface area contributed by atoms with Crippen LogP contribution in [0, 0.1) is 6.92 Å². The summed E-state index contributed by atoms with van der Waals surface area (Å²) in [6.07, 6.45) is 4.11. The SMILES string of the molecule is COC(=O)CC=Cc1ccsc1C. The number of hydrogen-bond acceptors (Lipinski definition) is 3. The fraction of sp³-hybridized carbons (Fsp3) is 0.300. The van der Waals surface area contributed by atoms with Gasteiger partial charge in [0.25, 0.3) is 0 Å². The van der Waals surface area contributed by atoms with Gasteiger partial charge >= 0.3 is 5.97 Å². The number of thiophene rings is 1. The van der Waals surface area contributed by atoms with Gasteiger partial charge in [-0.3, -0.25) is 4.79 Å². The highest BCUT2D eigenvalue weighted by molar-refractivity contribution is 7.10. The van der Waals surface area contributed by atoms with E-state index in [1.165, 1.54) is 17.6 Å². The van der Waals surface area contributed by atoms with Crippen molar-refractivity contribution in [3.05, 3.63) is 28.0 Å². The molecule has 3 heteroatoms. The van der Waals surface area contributed by atoms with Crippen LogP contribution in [0.25, 0.3) is 6.08 Å². The molecule has 0 saturated heterocycles. The lowest BCUT2D eigenvalue weighted by molar-refractivity contribution is -0.139. The maximum absolute atomic E-state index is 10.8.